The van der Waals surface area contributed by atoms with Crippen molar-refractivity contribution >= 4 is 0 Å². The largest absolute Gasteiger partial charge is 0.327 e. The van der Waals surface area contributed by atoms with Gasteiger partial charge in [0.05, 0.1) is 11.7 Å². The summed E-state index contributed by atoms with van der Waals surface area (Å²) in [5.41, 5.74) is 2.96. The van der Waals surface area contributed by atoms with Crippen molar-refractivity contribution in [2.75, 3.05) is 6.54 Å². The second kappa shape index (κ2) is 6.95. The molecule has 1 heterocycles. The van der Waals surface area contributed by atoms with E-state index in [1.165, 1.54) is 75.7 Å². The Balaban J connectivity index is 1.92. The van der Waals surface area contributed by atoms with E-state index in [2.05, 4.69) is 23.7 Å². The van der Waals surface area contributed by atoms with Gasteiger partial charge in [0.2, 0.25) is 0 Å². The van der Waals surface area contributed by atoms with Gasteiger partial charge in [-0.1, -0.05) is 32.6 Å². The normalized spacial score (nSPS) is 27.0. The van der Waals surface area contributed by atoms with Gasteiger partial charge in [0, 0.05) is 11.7 Å². The maximum atomic E-state index is 4.91. The van der Waals surface area contributed by atoms with Crippen molar-refractivity contribution in [3.8, 4) is 0 Å². The Morgan fingerprint density at radius 2 is 1.81 bits per heavy atom. The third kappa shape index (κ3) is 3.18. The van der Waals surface area contributed by atoms with Gasteiger partial charge < -0.3 is 9.88 Å². The Morgan fingerprint density at radius 3 is 2.62 bits per heavy atom. The summed E-state index contributed by atoms with van der Waals surface area (Å²) in [6.45, 7) is 5.54. The summed E-state index contributed by atoms with van der Waals surface area (Å²) in [4.78, 5) is 4.91. The fourth-order valence-corrected chi connectivity index (χ4v) is 4.41. The van der Waals surface area contributed by atoms with E-state index in [4.69, 9.17) is 4.98 Å². The Bertz CT molecular complexity index is 463. The van der Waals surface area contributed by atoms with Gasteiger partial charge in [0.25, 0.3) is 0 Å². The molecule has 3 nitrogen and oxygen atoms in total. The van der Waals surface area contributed by atoms with Crippen LogP contribution in [-0.4, -0.2) is 22.1 Å². The number of rotatable bonds is 3. The molecule has 0 saturated heterocycles. The molecule has 0 aliphatic heterocycles. The van der Waals surface area contributed by atoms with Crippen molar-refractivity contribution in [3.63, 3.8) is 0 Å². The zero-order chi connectivity index (χ0) is 14.7. The number of likely N-dealkylation sites (N-methyl/N-ethyl adjacent to an activating group) is 1. The number of fused-ring (bicyclic) bond motifs is 1. The van der Waals surface area contributed by atoms with E-state index in [0.717, 1.165) is 6.54 Å². The van der Waals surface area contributed by atoms with Crippen LogP contribution in [0.2, 0.25) is 0 Å². The molecule has 2 atom stereocenters. The average Bonchev–Trinajstić information content (AvgIpc) is 2.79. The van der Waals surface area contributed by atoms with E-state index in [-0.39, 0.29) is 0 Å². The van der Waals surface area contributed by atoms with Crippen molar-refractivity contribution < 1.29 is 0 Å². The second-order valence-corrected chi connectivity index (χ2v) is 6.85. The van der Waals surface area contributed by atoms with Gasteiger partial charge >= 0.3 is 0 Å². The molecule has 1 aromatic heterocycles. The summed E-state index contributed by atoms with van der Waals surface area (Å²) in [5.74, 6) is 1.26. The lowest BCUT2D eigenvalue weighted by atomic mass is 9.91. The predicted octanol–water partition coefficient (Wildman–Crippen LogP) is 3.94. The van der Waals surface area contributed by atoms with E-state index in [1.54, 1.807) is 5.69 Å². The summed E-state index contributed by atoms with van der Waals surface area (Å²) < 4.78 is 2.63. The number of aromatic nitrogens is 2. The first kappa shape index (κ1) is 15.1. The summed E-state index contributed by atoms with van der Waals surface area (Å²) >= 11 is 0. The Morgan fingerprint density at radius 1 is 1.05 bits per heavy atom. The molecular weight excluding hydrogens is 258 g/mol. The van der Waals surface area contributed by atoms with Crippen LogP contribution in [-0.2, 0) is 12.8 Å². The van der Waals surface area contributed by atoms with Gasteiger partial charge in [-0.2, -0.15) is 0 Å². The van der Waals surface area contributed by atoms with Gasteiger partial charge in [0.15, 0.2) is 0 Å². The highest BCUT2D eigenvalue weighted by molar-refractivity contribution is 5.21. The molecular formula is C18H31N3. The smallest absolute Gasteiger partial charge is 0.106 e. The van der Waals surface area contributed by atoms with Crippen LogP contribution in [0.5, 0.6) is 0 Å². The molecule has 1 fully saturated rings. The first-order valence-electron chi connectivity index (χ1n) is 9.11. The molecule has 0 bridgehead atoms. The maximum Gasteiger partial charge on any atom is 0.106 e. The molecule has 2 aliphatic carbocycles. The highest BCUT2D eigenvalue weighted by Crippen LogP contribution is 2.32. The Labute approximate surface area is 129 Å². The minimum atomic E-state index is 0.625. The Kier molecular flexibility index (Phi) is 4.99. The van der Waals surface area contributed by atoms with Crippen molar-refractivity contribution in [1.29, 1.82) is 0 Å². The number of nitrogens with zero attached hydrogens (tertiary/aromatic N) is 2. The molecule has 1 saturated carbocycles. The van der Waals surface area contributed by atoms with Crippen molar-refractivity contribution in [2.45, 2.75) is 90.1 Å². The molecule has 3 heteroatoms. The molecule has 1 N–H and O–H groups in total. The topological polar surface area (TPSA) is 29.9 Å². The van der Waals surface area contributed by atoms with E-state index >= 15 is 0 Å². The standard InChI is InChI=1S/C18H31N3/c1-3-19-15-10-6-4-5-7-12-17(15)21-14(2)20-16-11-8-9-13-18(16)21/h15,17,19H,3-13H2,1-2H3. The number of hydrogen-bond acceptors (Lipinski definition) is 2. The van der Waals surface area contributed by atoms with Crippen LogP contribution in [0.1, 0.15) is 81.5 Å². The quantitative estimate of drug-likeness (QED) is 0.913. The van der Waals surface area contributed by atoms with Crippen LogP contribution in [0.25, 0.3) is 0 Å². The van der Waals surface area contributed by atoms with E-state index < -0.39 is 0 Å². The lowest BCUT2D eigenvalue weighted by Crippen LogP contribution is -2.39. The first-order chi connectivity index (χ1) is 10.3. The molecule has 118 valence electrons. The summed E-state index contributed by atoms with van der Waals surface area (Å²) in [6, 6.07) is 1.26. The number of nitrogens with one attached hydrogen (secondary N) is 1. The highest BCUT2D eigenvalue weighted by atomic mass is 15.2. The van der Waals surface area contributed by atoms with Crippen molar-refractivity contribution in [1.82, 2.24) is 14.9 Å². The van der Waals surface area contributed by atoms with Crippen LogP contribution in [0, 0.1) is 6.92 Å². The molecule has 2 aliphatic rings. The average molecular weight is 289 g/mol. The third-order valence-corrected chi connectivity index (χ3v) is 5.37. The van der Waals surface area contributed by atoms with Crippen LogP contribution in [0.4, 0.5) is 0 Å². The minimum absolute atomic E-state index is 0.625. The fourth-order valence-electron chi connectivity index (χ4n) is 4.41. The third-order valence-electron chi connectivity index (χ3n) is 5.37. The SMILES string of the molecule is CCNC1CCCCCCC1n1c(C)nc2c1CCCC2. The molecule has 3 rings (SSSR count). The zero-order valence-corrected chi connectivity index (χ0v) is 13.8. The monoisotopic (exact) mass is 289 g/mol. The van der Waals surface area contributed by atoms with E-state index in [0.29, 0.717) is 12.1 Å². The first-order valence-corrected chi connectivity index (χ1v) is 9.11. The van der Waals surface area contributed by atoms with Crippen LogP contribution in [0.3, 0.4) is 0 Å². The molecule has 21 heavy (non-hydrogen) atoms. The zero-order valence-electron chi connectivity index (χ0n) is 13.8. The number of aryl methyl sites for hydroxylation is 2. The van der Waals surface area contributed by atoms with E-state index in [1.807, 2.05) is 0 Å². The molecule has 2 unspecified atom stereocenters. The maximum absolute atomic E-state index is 4.91. The lowest BCUT2D eigenvalue weighted by Gasteiger charge is -2.33. The number of imidazole rings is 1. The Hall–Kier alpha value is -0.830. The second-order valence-electron chi connectivity index (χ2n) is 6.85. The van der Waals surface area contributed by atoms with Crippen LogP contribution < -0.4 is 5.32 Å². The summed E-state index contributed by atoms with van der Waals surface area (Å²) in [7, 11) is 0. The predicted molar refractivity (Wildman–Crippen MR) is 87.8 cm³/mol. The van der Waals surface area contributed by atoms with Crippen molar-refractivity contribution in [2.24, 2.45) is 0 Å². The van der Waals surface area contributed by atoms with Gasteiger partial charge in [-0.05, 0) is 52.0 Å². The molecule has 1 aromatic rings. The summed E-state index contributed by atoms with van der Waals surface area (Å²) in [6.07, 6.45) is 13.3. The van der Waals surface area contributed by atoms with E-state index in [9.17, 15) is 0 Å². The fraction of sp³-hybridized carbons (Fsp3) is 0.833. The van der Waals surface area contributed by atoms with Gasteiger partial charge in [-0.3, -0.25) is 0 Å². The van der Waals surface area contributed by atoms with Crippen LogP contribution >= 0.6 is 0 Å². The van der Waals surface area contributed by atoms with Gasteiger partial charge in [-0.15, -0.1) is 0 Å². The molecule has 0 amide bonds. The van der Waals surface area contributed by atoms with Gasteiger partial charge in [-0.25, -0.2) is 4.98 Å². The van der Waals surface area contributed by atoms with Crippen LogP contribution in [0.15, 0.2) is 0 Å². The van der Waals surface area contributed by atoms with Gasteiger partial charge in [0.1, 0.15) is 5.82 Å². The number of hydrogen-bond donors (Lipinski definition) is 1. The molecule has 0 spiro atoms. The molecule has 0 radical (unpaired) electrons. The molecule has 0 aromatic carbocycles. The lowest BCUT2D eigenvalue weighted by molar-refractivity contribution is 0.278. The minimum Gasteiger partial charge on any atom is -0.327 e. The van der Waals surface area contributed by atoms with Crippen molar-refractivity contribution in [3.05, 3.63) is 17.2 Å². The summed E-state index contributed by atoms with van der Waals surface area (Å²) in [5, 5.41) is 3.78. The highest BCUT2D eigenvalue weighted by Gasteiger charge is 2.29.